The minimum Gasteiger partial charge on any atom is -0.369 e. The van der Waals surface area contributed by atoms with Crippen LogP contribution in [0.3, 0.4) is 0 Å². The lowest BCUT2D eigenvalue weighted by Crippen LogP contribution is -2.46. The average Bonchev–Trinajstić information content (AvgIpc) is 3.09. The highest BCUT2D eigenvalue weighted by molar-refractivity contribution is 5.85. The molecule has 2 aromatic carbocycles. The first-order valence-corrected chi connectivity index (χ1v) is 9.42. The van der Waals surface area contributed by atoms with Crippen LogP contribution in [0.25, 0.3) is 11.0 Å². The summed E-state index contributed by atoms with van der Waals surface area (Å²) in [5.41, 5.74) is 3.29. The first kappa shape index (κ1) is 19.6. The molecule has 4 nitrogen and oxygen atoms in total. The van der Waals surface area contributed by atoms with Gasteiger partial charge >= 0.3 is 0 Å². The van der Waals surface area contributed by atoms with Crippen LogP contribution in [-0.2, 0) is 6.54 Å². The topological polar surface area (TPSA) is 24.3 Å². The number of aromatic nitrogens is 2. The Hall–Kier alpha value is -2.11. The molecule has 1 aromatic heterocycles. The minimum absolute atomic E-state index is 0. The van der Waals surface area contributed by atoms with Gasteiger partial charge in [0.1, 0.15) is 5.82 Å². The van der Waals surface area contributed by atoms with Gasteiger partial charge in [0.15, 0.2) is 0 Å². The quantitative estimate of drug-likeness (QED) is 0.591. The highest BCUT2D eigenvalue weighted by Crippen LogP contribution is 2.18. The maximum absolute atomic E-state index is 13.4. The standard InChI is InChI=1S/C21H25FN4.ClH/c22-18-6-5-7-19(16-18)25-14-12-24(13-15-25)10-3-4-11-26-17-23-20-8-1-2-9-21(20)26;/h1-2,5-9,16-17H,3-4,10-15H2;1H. The normalized spacial score (nSPS) is 15.1. The van der Waals surface area contributed by atoms with Crippen molar-refractivity contribution >= 4 is 29.1 Å². The van der Waals surface area contributed by atoms with E-state index in [1.807, 2.05) is 18.5 Å². The van der Waals surface area contributed by atoms with Gasteiger partial charge in [-0.3, -0.25) is 4.90 Å². The number of imidazole rings is 1. The van der Waals surface area contributed by atoms with Gasteiger partial charge in [-0.1, -0.05) is 18.2 Å². The van der Waals surface area contributed by atoms with Crippen LogP contribution in [0.4, 0.5) is 10.1 Å². The predicted molar refractivity (Wildman–Crippen MR) is 111 cm³/mol. The molecule has 1 saturated heterocycles. The largest absolute Gasteiger partial charge is 0.369 e. The van der Waals surface area contributed by atoms with Crippen LogP contribution in [-0.4, -0.2) is 47.2 Å². The third kappa shape index (κ3) is 4.79. The molecule has 1 fully saturated rings. The summed E-state index contributed by atoms with van der Waals surface area (Å²) in [6.45, 7) is 6.17. The van der Waals surface area contributed by atoms with Crippen molar-refractivity contribution in [3.63, 3.8) is 0 Å². The lowest BCUT2D eigenvalue weighted by Gasteiger charge is -2.36. The number of piperazine rings is 1. The van der Waals surface area contributed by atoms with Gasteiger partial charge in [-0.15, -0.1) is 12.4 Å². The number of rotatable bonds is 6. The van der Waals surface area contributed by atoms with Crippen molar-refractivity contribution in [1.29, 1.82) is 0 Å². The monoisotopic (exact) mass is 388 g/mol. The third-order valence-electron chi connectivity index (χ3n) is 5.20. The summed E-state index contributed by atoms with van der Waals surface area (Å²) >= 11 is 0. The Balaban J connectivity index is 0.00000210. The molecule has 0 unspecified atom stereocenters. The molecule has 1 aliphatic rings. The maximum atomic E-state index is 13.4. The molecule has 27 heavy (non-hydrogen) atoms. The van der Waals surface area contributed by atoms with Gasteiger partial charge in [0.25, 0.3) is 0 Å². The molecular weight excluding hydrogens is 363 g/mol. The highest BCUT2D eigenvalue weighted by atomic mass is 35.5. The van der Waals surface area contributed by atoms with Gasteiger partial charge in [-0.25, -0.2) is 9.37 Å². The smallest absolute Gasteiger partial charge is 0.125 e. The van der Waals surface area contributed by atoms with E-state index >= 15 is 0 Å². The number of para-hydroxylation sites is 2. The summed E-state index contributed by atoms with van der Waals surface area (Å²) in [5, 5.41) is 0. The second kappa shape index (κ2) is 9.20. The summed E-state index contributed by atoms with van der Waals surface area (Å²) in [6, 6.07) is 15.2. The molecule has 0 saturated carbocycles. The number of hydrogen-bond acceptors (Lipinski definition) is 3. The van der Waals surface area contributed by atoms with E-state index in [4.69, 9.17) is 0 Å². The average molecular weight is 389 g/mol. The molecule has 2 heterocycles. The number of unbranched alkanes of at least 4 members (excludes halogenated alkanes) is 1. The lowest BCUT2D eigenvalue weighted by atomic mass is 10.2. The summed E-state index contributed by atoms with van der Waals surface area (Å²) in [6.07, 6.45) is 4.29. The molecule has 6 heteroatoms. The van der Waals surface area contributed by atoms with E-state index in [1.54, 1.807) is 12.1 Å². The van der Waals surface area contributed by atoms with Gasteiger partial charge in [-0.05, 0) is 49.7 Å². The Bertz CT molecular complexity index is 858. The number of hydrogen-bond donors (Lipinski definition) is 0. The van der Waals surface area contributed by atoms with Crippen molar-refractivity contribution in [1.82, 2.24) is 14.5 Å². The van der Waals surface area contributed by atoms with Gasteiger partial charge in [0, 0.05) is 38.4 Å². The predicted octanol–water partition coefficient (Wildman–Crippen LogP) is 4.20. The van der Waals surface area contributed by atoms with Crippen molar-refractivity contribution < 1.29 is 4.39 Å². The summed E-state index contributed by atoms with van der Waals surface area (Å²) in [4.78, 5) is 9.24. The molecule has 3 aromatic rings. The fourth-order valence-electron chi connectivity index (χ4n) is 3.71. The van der Waals surface area contributed by atoms with E-state index in [0.717, 1.165) is 56.9 Å². The van der Waals surface area contributed by atoms with Crippen LogP contribution in [0.15, 0.2) is 54.9 Å². The van der Waals surface area contributed by atoms with Crippen LogP contribution < -0.4 is 4.90 Å². The van der Waals surface area contributed by atoms with Gasteiger partial charge in [0.05, 0.1) is 17.4 Å². The molecular formula is C21H26ClFN4. The van der Waals surface area contributed by atoms with Crippen molar-refractivity contribution in [2.45, 2.75) is 19.4 Å². The highest BCUT2D eigenvalue weighted by Gasteiger charge is 2.17. The van der Waals surface area contributed by atoms with E-state index in [0.29, 0.717) is 0 Å². The minimum atomic E-state index is -0.156. The molecule has 0 aliphatic carbocycles. The van der Waals surface area contributed by atoms with E-state index in [-0.39, 0.29) is 18.2 Å². The second-order valence-electron chi connectivity index (χ2n) is 6.94. The van der Waals surface area contributed by atoms with Crippen LogP contribution >= 0.6 is 12.4 Å². The van der Waals surface area contributed by atoms with Crippen LogP contribution in [0.5, 0.6) is 0 Å². The third-order valence-corrected chi connectivity index (χ3v) is 5.20. The van der Waals surface area contributed by atoms with Crippen LogP contribution in [0.2, 0.25) is 0 Å². The fraction of sp³-hybridized carbons (Fsp3) is 0.381. The van der Waals surface area contributed by atoms with Crippen LogP contribution in [0.1, 0.15) is 12.8 Å². The Labute approximate surface area is 166 Å². The number of anilines is 1. The number of benzene rings is 2. The molecule has 1 aliphatic heterocycles. The molecule has 0 spiro atoms. The van der Waals surface area contributed by atoms with E-state index in [2.05, 4.69) is 37.5 Å². The molecule has 0 amide bonds. The lowest BCUT2D eigenvalue weighted by molar-refractivity contribution is 0.251. The van der Waals surface area contributed by atoms with Crippen molar-refractivity contribution in [2.75, 3.05) is 37.6 Å². The Morgan fingerprint density at radius 1 is 0.889 bits per heavy atom. The molecule has 0 bridgehead atoms. The van der Waals surface area contributed by atoms with E-state index in [9.17, 15) is 4.39 Å². The molecule has 0 radical (unpaired) electrons. The number of aryl methyl sites for hydroxylation is 1. The van der Waals surface area contributed by atoms with Crippen LogP contribution in [0, 0.1) is 5.82 Å². The second-order valence-corrected chi connectivity index (χ2v) is 6.94. The Morgan fingerprint density at radius 2 is 1.67 bits per heavy atom. The van der Waals surface area contributed by atoms with E-state index < -0.39 is 0 Å². The zero-order valence-corrected chi connectivity index (χ0v) is 16.2. The zero-order valence-electron chi connectivity index (χ0n) is 15.4. The first-order valence-electron chi connectivity index (χ1n) is 9.42. The SMILES string of the molecule is Cl.Fc1cccc(N2CCN(CCCCn3cnc4ccccc43)CC2)c1. The maximum Gasteiger partial charge on any atom is 0.125 e. The summed E-state index contributed by atoms with van der Waals surface area (Å²) in [7, 11) is 0. The summed E-state index contributed by atoms with van der Waals surface area (Å²) in [5.74, 6) is -0.156. The Morgan fingerprint density at radius 3 is 2.48 bits per heavy atom. The molecule has 4 rings (SSSR count). The molecule has 0 N–H and O–H groups in total. The number of halogens is 2. The number of nitrogens with zero attached hydrogens (tertiary/aromatic N) is 4. The molecule has 0 atom stereocenters. The van der Waals surface area contributed by atoms with Gasteiger partial charge in [0.2, 0.25) is 0 Å². The first-order chi connectivity index (χ1) is 12.8. The Kier molecular flexibility index (Phi) is 6.69. The number of fused-ring (bicyclic) bond motifs is 1. The van der Waals surface area contributed by atoms with Gasteiger partial charge in [-0.2, -0.15) is 0 Å². The van der Waals surface area contributed by atoms with E-state index in [1.165, 1.54) is 18.0 Å². The fourth-order valence-corrected chi connectivity index (χ4v) is 3.71. The van der Waals surface area contributed by atoms with Crippen molar-refractivity contribution in [3.8, 4) is 0 Å². The van der Waals surface area contributed by atoms with Crippen molar-refractivity contribution in [2.24, 2.45) is 0 Å². The zero-order chi connectivity index (χ0) is 17.8. The molecule has 144 valence electrons. The van der Waals surface area contributed by atoms with Gasteiger partial charge < -0.3 is 9.47 Å². The summed E-state index contributed by atoms with van der Waals surface area (Å²) < 4.78 is 15.6. The van der Waals surface area contributed by atoms with Crippen molar-refractivity contribution in [3.05, 3.63) is 60.7 Å².